The third-order valence-corrected chi connectivity index (χ3v) is 0.768. The van der Waals surface area contributed by atoms with Crippen molar-refractivity contribution in [3.05, 3.63) is 30.9 Å². The molecule has 10 heavy (non-hydrogen) atoms. The zero-order chi connectivity index (χ0) is 7.82. The highest BCUT2D eigenvalue weighted by Crippen LogP contribution is 1.85. The van der Waals surface area contributed by atoms with E-state index in [-0.39, 0.29) is 0 Å². The number of aromatic nitrogens is 2. The van der Waals surface area contributed by atoms with Crippen molar-refractivity contribution in [2.75, 3.05) is 0 Å². The van der Waals surface area contributed by atoms with Gasteiger partial charge >= 0.3 is 0 Å². The summed E-state index contributed by atoms with van der Waals surface area (Å²) in [5.74, 6) is 0.674. The average molecular weight is 136 g/mol. The molecule has 1 aromatic rings. The first-order valence-electron chi connectivity index (χ1n) is 3.33. The van der Waals surface area contributed by atoms with E-state index in [1.54, 1.807) is 24.5 Å². The first-order chi connectivity index (χ1) is 4.93. The second-order valence-electron chi connectivity index (χ2n) is 1.31. The van der Waals surface area contributed by atoms with Gasteiger partial charge in [0.1, 0.15) is 0 Å². The second kappa shape index (κ2) is 5.95. The fourth-order valence-corrected chi connectivity index (χ4v) is 0.416. The Bertz CT molecular complexity index is 170. The predicted molar refractivity (Wildman–Crippen MR) is 43.5 cm³/mol. The predicted octanol–water partition coefficient (Wildman–Crippen LogP) is 2.15. The van der Waals surface area contributed by atoms with Crippen molar-refractivity contribution in [1.82, 2.24) is 9.97 Å². The van der Waals surface area contributed by atoms with Crippen LogP contribution in [0, 0.1) is 0 Å². The average Bonchev–Trinajstić information content (AvgIpc) is 2.10. The van der Waals surface area contributed by atoms with E-state index in [1.807, 2.05) is 13.8 Å². The van der Waals surface area contributed by atoms with E-state index in [0.29, 0.717) is 5.82 Å². The molecule has 0 aliphatic carbocycles. The minimum absolute atomic E-state index is 0.674. The van der Waals surface area contributed by atoms with Crippen molar-refractivity contribution >= 4 is 6.08 Å². The summed E-state index contributed by atoms with van der Waals surface area (Å²) in [6.45, 7) is 7.51. The van der Waals surface area contributed by atoms with Gasteiger partial charge in [-0.15, -0.1) is 0 Å². The lowest BCUT2D eigenvalue weighted by atomic mass is 10.5. The summed E-state index contributed by atoms with van der Waals surface area (Å²) in [5, 5.41) is 0. The smallest absolute Gasteiger partial charge is 0.151 e. The molecule has 0 atom stereocenters. The minimum Gasteiger partial charge on any atom is -0.237 e. The van der Waals surface area contributed by atoms with E-state index in [0.717, 1.165) is 0 Å². The highest BCUT2D eigenvalue weighted by molar-refractivity contribution is 5.34. The van der Waals surface area contributed by atoms with Crippen molar-refractivity contribution in [1.29, 1.82) is 0 Å². The van der Waals surface area contributed by atoms with E-state index >= 15 is 0 Å². The van der Waals surface area contributed by atoms with Crippen molar-refractivity contribution in [2.45, 2.75) is 13.8 Å². The molecule has 1 aromatic heterocycles. The van der Waals surface area contributed by atoms with Crippen molar-refractivity contribution in [3.8, 4) is 0 Å². The zero-order valence-electron chi connectivity index (χ0n) is 6.41. The van der Waals surface area contributed by atoms with Gasteiger partial charge in [-0.1, -0.05) is 20.4 Å². The Morgan fingerprint density at radius 1 is 1.30 bits per heavy atom. The summed E-state index contributed by atoms with van der Waals surface area (Å²) in [6, 6.07) is 1.77. The Hall–Kier alpha value is -1.18. The van der Waals surface area contributed by atoms with E-state index in [9.17, 15) is 0 Å². The lowest BCUT2D eigenvalue weighted by Crippen LogP contribution is -1.80. The molecule has 0 saturated carbocycles. The fourth-order valence-electron chi connectivity index (χ4n) is 0.416. The van der Waals surface area contributed by atoms with Crippen LogP contribution >= 0.6 is 0 Å². The van der Waals surface area contributed by atoms with Crippen LogP contribution in [0.5, 0.6) is 0 Å². The van der Waals surface area contributed by atoms with Crippen LogP contribution < -0.4 is 0 Å². The van der Waals surface area contributed by atoms with Gasteiger partial charge < -0.3 is 0 Å². The van der Waals surface area contributed by atoms with Crippen LogP contribution in [-0.4, -0.2) is 9.97 Å². The molecule has 54 valence electrons. The topological polar surface area (TPSA) is 25.8 Å². The summed E-state index contributed by atoms with van der Waals surface area (Å²) in [6.07, 6.45) is 4.98. The molecule has 2 heteroatoms. The van der Waals surface area contributed by atoms with Gasteiger partial charge in [-0.3, -0.25) is 0 Å². The van der Waals surface area contributed by atoms with Crippen LogP contribution in [0.15, 0.2) is 25.0 Å². The summed E-state index contributed by atoms with van der Waals surface area (Å²) in [7, 11) is 0. The molecule has 1 rings (SSSR count). The summed E-state index contributed by atoms with van der Waals surface area (Å²) < 4.78 is 0. The van der Waals surface area contributed by atoms with Crippen LogP contribution in [0.1, 0.15) is 19.7 Å². The quantitative estimate of drug-likeness (QED) is 0.591. The molecule has 0 spiro atoms. The number of hydrogen-bond acceptors (Lipinski definition) is 2. The lowest BCUT2D eigenvalue weighted by molar-refractivity contribution is 1.14. The normalized spacial score (nSPS) is 7.40. The van der Waals surface area contributed by atoms with E-state index in [1.165, 1.54) is 0 Å². The van der Waals surface area contributed by atoms with Gasteiger partial charge in [-0.05, 0) is 12.1 Å². The van der Waals surface area contributed by atoms with Crippen LogP contribution in [0.3, 0.4) is 0 Å². The fraction of sp³-hybridized carbons (Fsp3) is 0.250. The molecule has 0 saturated heterocycles. The molecule has 0 amide bonds. The van der Waals surface area contributed by atoms with E-state index in [2.05, 4.69) is 16.5 Å². The molecule has 0 fully saturated rings. The Kier molecular flexibility index (Phi) is 5.25. The third-order valence-electron chi connectivity index (χ3n) is 0.768. The maximum Gasteiger partial charge on any atom is 0.151 e. The molecule has 1 heterocycles. The van der Waals surface area contributed by atoms with E-state index < -0.39 is 0 Å². The monoisotopic (exact) mass is 136 g/mol. The molecule has 0 aromatic carbocycles. The molecule has 0 aliphatic rings. The van der Waals surface area contributed by atoms with Gasteiger partial charge in [-0.25, -0.2) is 9.97 Å². The number of hydrogen-bond donors (Lipinski definition) is 0. The molecule has 0 aliphatic heterocycles. The molecular formula is C8H12N2. The van der Waals surface area contributed by atoms with Gasteiger partial charge in [0.25, 0.3) is 0 Å². The molecule has 0 radical (unpaired) electrons. The molecular weight excluding hydrogens is 124 g/mol. The molecule has 2 nitrogen and oxygen atoms in total. The van der Waals surface area contributed by atoms with Crippen LogP contribution in [0.4, 0.5) is 0 Å². The van der Waals surface area contributed by atoms with Crippen molar-refractivity contribution < 1.29 is 0 Å². The number of rotatable bonds is 1. The highest BCUT2D eigenvalue weighted by atomic mass is 14.8. The maximum atomic E-state index is 3.87. The second-order valence-corrected chi connectivity index (χ2v) is 1.31. The standard InChI is InChI=1S/C6H6N2.C2H6/c1-2-6-7-4-3-5-8-6;1-2/h2-5H,1H2;1-2H3. The SMILES string of the molecule is C=Cc1ncccn1.CC. The zero-order valence-corrected chi connectivity index (χ0v) is 6.41. The molecule has 0 bridgehead atoms. The summed E-state index contributed by atoms with van der Waals surface area (Å²) >= 11 is 0. The van der Waals surface area contributed by atoms with Gasteiger partial charge in [-0.2, -0.15) is 0 Å². The molecule has 0 unspecified atom stereocenters. The van der Waals surface area contributed by atoms with Gasteiger partial charge in [0, 0.05) is 12.4 Å². The Morgan fingerprint density at radius 3 is 2.10 bits per heavy atom. The van der Waals surface area contributed by atoms with E-state index in [4.69, 9.17) is 0 Å². The van der Waals surface area contributed by atoms with Gasteiger partial charge in [0.05, 0.1) is 0 Å². The van der Waals surface area contributed by atoms with Crippen molar-refractivity contribution in [3.63, 3.8) is 0 Å². The first-order valence-corrected chi connectivity index (χ1v) is 3.33. The van der Waals surface area contributed by atoms with Crippen LogP contribution in [-0.2, 0) is 0 Å². The Labute approximate surface area is 61.6 Å². The Morgan fingerprint density at radius 2 is 1.80 bits per heavy atom. The summed E-state index contributed by atoms with van der Waals surface area (Å²) in [5.41, 5.74) is 0. The van der Waals surface area contributed by atoms with Crippen molar-refractivity contribution in [2.24, 2.45) is 0 Å². The van der Waals surface area contributed by atoms with Crippen LogP contribution in [0.2, 0.25) is 0 Å². The maximum absolute atomic E-state index is 3.87. The number of nitrogens with zero attached hydrogens (tertiary/aromatic N) is 2. The summed E-state index contributed by atoms with van der Waals surface area (Å²) in [4.78, 5) is 7.74. The Balaban J connectivity index is 0.000000371. The lowest BCUT2D eigenvalue weighted by Gasteiger charge is -1.83. The van der Waals surface area contributed by atoms with Gasteiger partial charge in [0.15, 0.2) is 5.82 Å². The third kappa shape index (κ3) is 2.97. The highest BCUT2D eigenvalue weighted by Gasteiger charge is 1.79. The largest absolute Gasteiger partial charge is 0.237 e. The van der Waals surface area contributed by atoms with Gasteiger partial charge in [0.2, 0.25) is 0 Å². The van der Waals surface area contributed by atoms with Crippen LogP contribution in [0.25, 0.3) is 6.08 Å². The minimum atomic E-state index is 0.674. The molecule has 0 N–H and O–H groups in total. The first kappa shape index (κ1) is 8.82.